The lowest BCUT2D eigenvalue weighted by Gasteiger charge is -2.19. The van der Waals surface area contributed by atoms with Crippen molar-refractivity contribution in [3.05, 3.63) is 46.6 Å². The SMILES string of the molecule is COC(=O)C[C@H](C(=O)O)[C@@H](OC/C=C(\C)CC/C=C(\C)CC/C=C(\C)CCC=C(C)C)C(=O)O. The molecule has 0 aliphatic carbocycles. The van der Waals surface area contributed by atoms with Crippen molar-refractivity contribution in [3.63, 3.8) is 0 Å². The summed E-state index contributed by atoms with van der Waals surface area (Å²) >= 11 is 0. The Bertz CT molecular complexity index is 783. The molecular weight excluding hydrogens is 436 g/mol. The van der Waals surface area contributed by atoms with E-state index in [9.17, 15) is 24.6 Å². The number of ether oxygens (including phenoxy) is 2. The fourth-order valence-electron chi connectivity index (χ4n) is 3.23. The van der Waals surface area contributed by atoms with E-state index < -0.39 is 36.4 Å². The van der Waals surface area contributed by atoms with E-state index in [0.717, 1.165) is 51.2 Å². The molecule has 34 heavy (non-hydrogen) atoms. The standard InChI is InChI=1S/C27H42O7/c1-19(2)10-7-11-20(3)12-8-13-21(4)14-9-15-22(5)16-17-34-25(27(31)32)23(26(29)30)18-24(28)33-6/h10,12,14,16,23,25H,7-9,11,13,15,17-18H2,1-6H3,(H,29,30)(H,31,32)/b20-12+,21-14+,22-16+/t23-,25+/m0/s1. The highest BCUT2D eigenvalue weighted by Gasteiger charge is 2.36. The van der Waals surface area contributed by atoms with Crippen LogP contribution in [0.25, 0.3) is 0 Å². The lowest BCUT2D eigenvalue weighted by Crippen LogP contribution is -2.38. The van der Waals surface area contributed by atoms with Gasteiger partial charge < -0.3 is 19.7 Å². The second-order valence-corrected chi connectivity index (χ2v) is 8.87. The van der Waals surface area contributed by atoms with E-state index in [0.29, 0.717) is 0 Å². The van der Waals surface area contributed by atoms with Gasteiger partial charge in [-0.25, -0.2) is 4.79 Å². The summed E-state index contributed by atoms with van der Waals surface area (Å²) in [5, 5.41) is 18.6. The Kier molecular flexibility index (Phi) is 16.4. The van der Waals surface area contributed by atoms with Crippen molar-refractivity contribution in [2.45, 2.75) is 85.7 Å². The molecular formula is C27H42O7. The summed E-state index contributed by atoms with van der Waals surface area (Å²) in [5.41, 5.74) is 5.12. The Balaban J connectivity index is 4.57. The minimum Gasteiger partial charge on any atom is -0.481 e. The maximum Gasteiger partial charge on any atom is 0.333 e. The van der Waals surface area contributed by atoms with Crippen molar-refractivity contribution in [2.75, 3.05) is 13.7 Å². The van der Waals surface area contributed by atoms with Gasteiger partial charge in [-0.05, 0) is 73.1 Å². The van der Waals surface area contributed by atoms with Crippen LogP contribution in [0.4, 0.5) is 0 Å². The second kappa shape index (κ2) is 17.8. The number of esters is 1. The molecule has 0 aromatic heterocycles. The van der Waals surface area contributed by atoms with Gasteiger partial charge in [0.2, 0.25) is 0 Å². The van der Waals surface area contributed by atoms with Crippen LogP contribution in [0.15, 0.2) is 46.6 Å². The van der Waals surface area contributed by atoms with Crippen molar-refractivity contribution in [1.29, 1.82) is 0 Å². The van der Waals surface area contributed by atoms with Gasteiger partial charge in [0.25, 0.3) is 0 Å². The molecule has 0 aromatic rings. The number of allylic oxidation sites excluding steroid dienone is 7. The highest BCUT2D eigenvalue weighted by Crippen LogP contribution is 2.16. The average Bonchev–Trinajstić information content (AvgIpc) is 2.74. The lowest BCUT2D eigenvalue weighted by molar-refractivity contribution is -0.166. The summed E-state index contributed by atoms with van der Waals surface area (Å²) in [6.07, 6.45) is 12.2. The Hall–Kier alpha value is -2.67. The largest absolute Gasteiger partial charge is 0.481 e. The van der Waals surface area contributed by atoms with E-state index in [1.807, 2.05) is 6.92 Å². The van der Waals surface area contributed by atoms with E-state index in [-0.39, 0.29) is 6.61 Å². The zero-order chi connectivity index (χ0) is 26.1. The summed E-state index contributed by atoms with van der Waals surface area (Å²) in [7, 11) is 1.12. The number of hydrogen-bond acceptors (Lipinski definition) is 5. The van der Waals surface area contributed by atoms with Gasteiger partial charge in [0, 0.05) is 0 Å². The molecule has 0 heterocycles. The normalized spacial score (nSPS) is 14.4. The first-order valence-electron chi connectivity index (χ1n) is 11.7. The quantitative estimate of drug-likeness (QED) is 0.199. The minimum atomic E-state index is -1.64. The van der Waals surface area contributed by atoms with Gasteiger partial charge in [-0.3, -0.25) is 9.59 Å². The average molecular weight is 479 g/mol. The molecule has 7 nitrogen and oxygen atoms in total. The van der Waals surface area contributed by atoms with Crippen LogP contribution in [0.5, 0.6) is 0 Å². The Labute approximate surface area is 204 Å². The molecule has 0 saturated carbocycles. The van der Waals surface area contributed by atoms with Crippen LogP contribution in [0.2, 0.25) is 0 Å². The summed E-state index contributed by atoms with van der Waals surface area (Å²) in [5.74, 6) is -5.17. The molecule has 0 radical (unpaired) electrons. The van der Waals surface area contributed by atoms with E-state index in [4.69, 9.17) is 4.74 Å². The number of carboxylic acids is 2. The van der Waals surface area contributed by atoms with Crippen LogP contribution in [0, 0.1) is 5.92 Å². The van der Waals surface area contributed by atoms with Crippen molar-refractivity contribution in [2.24, 2.45) is 5.92 Å². The van der Waals surface area contributed by atoms with Crippen LogP contribution in [-0.2, 0) is 23.9 Å². The maximum absolute atomic E-state index is 11.5. The van der Waals surface area contributed by atoms with E-state index in [2.05, 4.69) is 50.7 Å². The van der Waals surface area contributed by atoms with Crippen LogP contribution >= 0.6 is 0 Å². The van der Waals surface area contributed by atoms with Crippen molar-refractivity contribution >= 4 is 17.9 Å². The molecule has 2 atom stereocenters. The van der Waals surface area contributed by atoms with Gasteiger partial charge in [0.1, 0.15) is 5.92 Å². The topological polar surface area (TPSA) is 110 Å². The first-order valence-corrected chi connectivity index (χ1v) is 11.7. The Morgan fingerprint density at radius 3 is 1.62 bits per heavy atom. The second-order valence-electron chi connectivity index (χ2n) is 8.87. The summed E-state index contributed by atoms with van der Waals surface area (Å²) in [6.45, 7) is 10.4. The number of hydrogen-bond donors (Lipinski definition) is 2. The Morgan fingerprint density at radius 1 is 0.735 bits per heavy atom. The van der Waals surface area contributed by atoms with E-state index in [1.54, 1.807) is 6.08 Å². The van der Waals surface area contributed by atoms with E-state index in [1.165, 1.54) is 16.7 Å². The smallest absolute Gasteiger partial charge is 0.333 e. The predicted molar refractivity (Wildman–Crippen MR) is 134 cm³/mol. The molecule has 0 rings (SSSR count). The zero-order valence-corrected chi connectivity index (χ0v) is 21.6. The third kappa shape index (κ3) is 15.2. The molecule has 0 fully saturated rings. The van der Waals surface area contributed by atoms with Crippen molar-refractivity contribution in [3.8, 4) is 0 Å². The lowest BCUT2D eigenvalue weighted by atomic mass is 9.98. The zero-order valence-electron chi connectivity index (χ0n) is 21.6. The van der Waals surface area contributed by atoms with Gasteiger partial charge in [0.05, 0.1) is 20.1 Å². The molecule has 2 N–H and O–H groups in total. The molecule has 0 unspecified atom stereocenters. The third-order valence-electron chi connectivity index (χ3n) is 5.40. The molecule has 192 valence electrons. The van der Waals surface area contributed by atoms with Crippen LogP contribution in [-0.4, -0.2) is 47.9 Å². The highest BCUT2D eigenvalue weighted by atomic mass is 16.5. The van der Waals surface area contributed by atoms with Gasteiger partial charge in [-0.15, -0.1) is 0 Å². The van der Waals surface area contributed by atoms with Crippen LogP contribution < -0.4 is 0 Å². The Morgan fingerprint density at radius 2 is 1.21 bits per heavy atom. The van der Waals surface area contributed by atoms with Gasteiger partial charge in [-0.2, -0.15) is 0 Å². The van der Waals surface area contributed by atoms with Crippen molar-refractivity contribution < 1.29 is 34.1 Å². The number of methoxy groups -OCH3 is 1. The fourth-order valence-corrected chi connectivity index (χ4v) is 3.23. The van der Waals surface area contributed by atoms with Crippen LogP contribution in [0.1, 0.15) is 79.6 Å². The highest BCUT2D eigenvalue weighted by molar-refractivity contribution is 5.85. The molecule has 0 aromatic carbocycles. The minimum absolute atomic E-state index is 0.0483. The number of carbonyl (C=O) groups is 3. The number of carboxylic acid groups (broad SMARTS) is 2. The third-order valence-corrected chi connectivity index (χ3v) is 5.40. The predicted octanol–water partition coefficient (Wildman–Crippen LogP) is 5.87. The molecule has 0 bridgehead atoms. The number of aliphatic carboxylic acids is 2. The van der Waals surface area contributed by atoms with Crippen LogP contribution in [0.3, 0.4) is 0 Å². The molecule has 0 aliphatic heterocycles. The first kappa shape index (κ1) is 31.3. The van der Waals surface area contributed by atoms with Gasteiger partial charge in [0.15, 0.2) is 6.10 Å². The summed E-state index contributed by atoms with van der Waals surface area (Å²) < 4.78 is 9.75. The van der Waals surface area contributed by atoms with E-state index >= 15 is 0 Å². The first-order chi connectivity index (χ1) is 16.0. The summed E-state index contributed by atoms with van der Waals surface area (Å²) in [4.78, 5) is 34.3. The van der Waals surface area contributed by atoms with Crippen molar-refractivity contribution in [1.82, 2.24) is 0 Å². The molecule has 0 aliphatic rings. The van der Waals surface area contributed by atoms with Gasteiger partial charge in [-0.1, -0.05) is 46.6 Å². The summed E-state index contributed by atoms with van der Waals surface area (Å²) in [6, 6.07) is 0. The fraction of sp³-hybridized carbons (Fsp3) is 0.593. The monoisotopic (exact) mass is 478 g/mol. The molecule has 0 amide bonds. The molecule has 0 saturated heterocycles. The molecule has 7 heteroatoms. The molecule has 0 spiro atoms. The maximum atomic E-state index is 11.5. The number of rotatable bonds is 17. The van der Waals surface area contributed by atoms with Gasteiger partial charge >= 0.3 is 17.9 Å². The number of carbonyl (C=O) groups excluding carboxylic acids is 1.